The van der Waals surface area contributed by atoms with Crippen molar-refractivity contribution in [2.24, 2.45) is 0 Å². The third-order valence-corrected chi connectivity index (χ3v) is 8.11. The standard InChI is InChI=1S/C25H18F6O5.C21H20O3/c26-22(27)24(30)35-18-5-1-15(2-6-18)13-33-20-9-17(12-32)10-21(11-20)34-14-16-3-7-19(8-4-16)36-25(31)23(28)29;22-14-19-11-20(23-15-17-7-3-1-4-8-17)13-21(12-19)24-16-18-9-5-2-6-10-18/h1-11,32H,12-14H2;1-13,22H,14-16H2. The zero-order valence-electron chi connectivity index (χ0n) is 31.7. The van der Waals surface area contributed by atoms with Gasteiger partial charge in [0.25, 0.3) is 0 Å². The van der Waals surface area contributed by atoms with Gasteiger partial charge in [0.05, 0.1) is 13.2 Å². The summed E-state index contributed by atoms with van der Waals surface area (Å²) in [6.45, 7) is 0.749. The molecule has 0 saturated heterocycles. The summed E-state index contributed by atoms with van der Waals surface area (Å²) in [4.78, 5) is 0. The molecule has 6 aromatic carbocycles. The smallest absolute Gasteiger partial charge is 0.344 e. The van der Waals surface area contributed by atoms with Crippen LogP contribution in [0.25, 0.3) is 0 Å². The van der Waals surface area contributed by atoms with Crippen LogP contribution in [-0.4, -0.2) is 10.2 Å². The zero-order valence-corrected chi connectivity index (χ0v) is 31.7. The average molecular weight is 833 g/mol. The Hall–Kier alpha value is -6.90. The van der Waals surface area contributed by atoms with Crippen LogP contribution in [0.4, 0.5) is 26.3 Å². The lowest BCUT2D eigenvalue weighted by molar-refractivity contribution is 0.241. The predicted octanol–water partition coefficient (Wildman–Crippen LogP) is 11.5. The van der Waals surface area contributed by atoms with Crippen molar-refractivity contribution in [3.05, 3.63) is 203 Å². The predicted molar refractivity (Wildman–Crippen MR) is 210 cm³/mol. The normalized spacial score (nSPS) is 10.4. The second kappa shape index (κ2) is 22.9. The molecule has 0 amide bonds. The summed E-state index contributed by atoms with van der Waals surface area (Å²) in [5, 5.41) is 19.0. The molecule has 0 aromatic heterocycles. The molecule has 0 radical (unpaired) electrons. The molecular weight excluding hydrogens is 794 g/mol. The van der Waals surface area contributed by atoms with E-state index in [9.17, 15) is 36.6 Å². The van der Waals surface area contributed by atoms with Gasteiger partial charge in [-0.1, -0.05) is 84.9 Å². The van der Waals surface area contributed by atoms with E-state index >= 15 is 0 Å². The zero-order chi connectivity index (χ0) is 42.7. The molecule has 6 aromatic rings. The maximum Gasteiger partial charge on any atom is 0.344 e. The van der Waals surface area contributed by atoms with Crippen LogP contribution >= 0.6 is 0 Å². The third-order valence-electron chi connectivity index (χ3n) is 8.11. The van der Waals surface area contributed by atoms with E-state index in [1.54, 1.807) is 18.2 Å². The van der Waals surface area contributed by atoms with Crippen LogP contribution in [0.3, 0.4) is 0 Å². The lowest BCUT2D eigenvalue weighted by atomic mass is 10.2. The summed E-state index contributed by atoms with van der Waals surface area (Å²) in [6, 6.07) is 37.5. The second-order valence-electron chi connectivity index (χ2n) is 12.6. The third kappa shape index (κ3) is 14.8. The highest BCUT2D eigenvalue weighted by Gasteiger charge is 2.11. The highest BCUT2D eigenvalue weighted by Crippen LogP contribution is 2.28. The van der Waals surface area contributed by atoms with E-state index < -0.39 is 24.2 Å². The minimum atomic E-state index is -2.56. The summed E-state index contributed by atoms with van der Waals surface area (Å²) in [5.41, 5.74) is 4.72. The minimum Gasteiger partial charge on any atom is -0.489 e. The first kappa shape index (κ1) is 44.2. The second-order valence-corrected chi connectivity index (χ2v) is 12.6. The van der Waals surface area contributed by atoms with Crippen molar-refractivity contribution in [2.45, 2.75) is 39.6 Å². The lowest BCUT2D eigenvalue weighted by Gasteiger charge is -2.12. The van der Waals surface area contributed by atoms with Crippen molar-refractivity contribution < 1.29 is 65.0 Å². The summed E-state index contributed by atoms with van der Waals surface area (Å²) >= 11 is 0. The Labute approximate surface area is 341 Å². The number of ether oxygens (including phenoxy) is 6. The van der Waals surface area contributed by atoms with Gasteiger partial charge in [0.2, 0.25) is 0 Å². The number of hydrogen-bond donors (Lipinski definition) is 2. The van der Waals surface area contributed by atoms with Gasteiger partial charge in [0.1, 0.15) is 60.9 Å². The maximum absolute atomic E-state index is 12.9. The average Bonchev–Trinajstić information content (AvgIpc) is 3.27. The molecule has 0 heterocycles. The molecule has 0 atom stereocenters. The number of benzene rings is 6. The fraction of sp³-hybridized carbons (Fsp3) is 0.130. The first-order chi connectivity index (χ1) is 29.1. The van der Waals surface area contributed by atoms with Crippen molar-refractivity contribution in [1.29, 1.82) is 0 Å². The SMILES string of the molecule is OCc1cc(OCc2ccc(OC(F)=C(F)F)cc2)cc(OCc2ccc(OC(F)=C(F)F)cc2)c1.OCc1cc(OCc2ccccc2)cc(OCc2ccccc2)c1. The molecule has 2 N–H and O–H groups in total. The quantitative estimate of drug-likeness (QED) is 0.0653. The van der Waals surface area contributed by atoms with Crippen LogP contribution < -0.4 is 28.4 Å². The van der Waals surface area contributed by atoms with Gasteiger partial charge < -0.3 is 38.6 Å². The number of aliphatic hydroxyl groups is 2. The Bertz CT molecular complexity index is 2150. The van der Waals surface area contributed by atoms with Gasteiger partial charge in [0.15, 0.2) is 0 Å². The Kier molecular flexibility index (Phi) is 16.9. The summed E-state index contributed by atoms with van der Waals surface area (Å²) in [7, 11) is 0. The van der Waals surface area contributed by atoms with Crippen molar-refractivity contribution in [1.82, 2.24) is 0 Å². The fourth-order valence-corrected chi connectivity index (χ4v) is 5.18. The molecule has 0 saturated carbocycles. The van der Waals surface area contributed by atoms with E-state index in [4.69, 9.17) is 18.9 Å². The van der Waals surface area contributed by atoms with Gasteiger partial charge in [-0.05, 0) is 81.9 Å². The molecule has 0 aliphatic rings. The highest BCUT2D eigenvalue weighted by atomic mass is 19.3. The van der Waals surface area contributed by atoms with E-state index in [2.05, 4.69) is 9.47 Å². The molecule has 0 aliphatic carbocycles. The molecule has 8 nitrogen and oxygen atoms in total. The molecule has 0 unspecified atom stereocenters. The van der Waals surface area contributed by atoms with Crippen molar-refractivity contribution in [3.8, 4) is 34.5 Å². The first-order valence-electron chi connectivity index (χ1n) is 18.1. The Balaban J connectivity index is 0.000000246. The number of rotatable bonds is 18. The summed E-state index contributed by atoms with van der Waals surface area (Å²) in [6.07, 6.45) is -5.12. The number of halogens is 6. The topological polar surface area (TPSA) is 95.8 Å². The number of hydrogen-bond acceptors (Lipinski definition) is 8. The minimum absolute atomic E-state index is 0.0514. The fourth-order valence-electron chi connectivity index (χ4n) is 5.18. The van der Waals surface area contributed by atoms with Crippen molar-refractivity contribution in [2.75, 3.05) is 0 Å². The van der Waals surface area contributed by atoms with E-state index in [-0.39, 0.29) is 37.9 Å². The van der Waals surface area contributed by atoms with Crippen molar-refractivity contribution >= 4 is 0 Å². The summed E-state index contributed by atoms with van der Waals surface area (Å²) < 4.78 is 106. The molecule has 0 bridgehead atoms. The highest BCUT2D eigenvalue weighted by molar-refractivity contribution is 5.40. The Morgan fingerprint density at radius 1 is 0.333 bits per heavy atom. The van der Waals surface area contributed by atoms with Gasteiger partial charge >= 0.3 is 24.2 Å². The maximum atomic E-state index is 12.9. The molecule has 0 fully saturated rings. The van der Waals surface area contributed by atoms with E-state index in [1.165, 1.54) is 48.5 Å². The van der Waals surface area contributed by atoms with Crippen LogP contribution in [-0.2, 0) is 39.6 Å². The largest absolute Gasteiger partial charge is 0.489 e. The molecule has 14 heteroatoms. The molecule has 312 valence electrons. The Morgan fingerprint density at radius 2 is 0.617 bits per heavy atom. The summed E-state index contributed by atoms with van der Waals surface area (Å²) in [5.74, 6) is 1.88. The lowest BCUT2D eigenvalue weighted by Crippen LogP contribution is -2.00. The number of aliphatic hydroxyl groups excluding tert-OH is 2. The van der Waals surface area contributed by atoms with Crippen LogP contribution in [0.2, 0.25) is 0 Å². The van der Waals surface area contributed by atoms with Gasteiger partial charge in [-0.3, -0.25) is 0 Å². The van der Waals surface area contributed by atoms with E-state index in [0.29, 0.717) is 52.9 Å². The van der Waals surface area contributed by atoms with Crippen LogP contribution in [0.5, 0.6) is 34.5 Å². The molecule has 0 spiro atoms. The first-order valence-corrected chi connectivity index (χ1v) is 18.1. The van der Waals surface area contributed by atoms with Crippen LogP contribution in [0.15, 0.2) is 170 Å². The molecular formula is C46H38F6O8. The van der Waals surface area contributed by atoms with Crippen LogP contribution in [0.1, 0.15) is 33.4 Å². The molecule has 0 aliphatic heterocycles. The Morgan fingerprint density at radius 3 is 0.883 bits per heavy atom. The molecule has 6 rings (SSSR count). The van der Waals surface area contributed by atoms with E-state index in [1.807, 2.05) is 78.9 Å². The van der Waals surface area contributed by atoms with Gasteiger partial charge in [-0.2, -0.15) is 26.3 Å². The van der Waals surface area contributed by atoms with Gasteiger partial charge in [-0.25, -0.2) is 0 Å². The molecule has 60 heavy (non-hydrogen) atoms. The van der Waals surface area contributed by atoms with E-state index in [0.717, 1.165) is 16.7 Å². The van der Waals surface area contributed by atoms with Gasteiger partial charge in [0, 0.05) is 12.1 Å². The monoisotopic (exact) mass is 832 g/mol. The van der Waals surface area contributed by atoms with Gasteiger partial charge in [-0.15, -0.1) is 0 Å². The van der Waals surface area contributed by atoms with Crippen LogP contribution in [0, 0.1) is 0 Å². The van der Waals surface area contributed by atoms with Crippen molar-refractivity contribution in [3.63, 3.8) is 0 Å².